The Bertz CT molecular complexity index is 589. The van der Waals surface area contributed by atoms with E-state index >= 15 is 0 Å². The summed E-state index contributed by atoms with van der Waals surface area (Å²) in [6.07, 6.45) is 1.80. The predicted molar refractivity (Wildman–Crippen MR) is 83.0 cm³/mol. The lowest BCUT2D eigenvalue weighted by Crippen LogP contribution is -2.19. The number of thiazole rings is 1. The molecule has 0 aliphatic rings. The maximum Gasteiger partial charge on any atom is 0.283 e. The highest BCUT2D eigenvalue weighted by molar-refractivity contribution is 9.10. The van der Waals surface area contributed by atoms with Crippen molar-refractivity contribution >= 4 is 33.0 Å². The Kier molecular flexibility index (Phi) is 5.22. The Morgan fingerprint density at radius 2 is 2.35 bits per heavy atom. The molecule has 2 aromatic rings. The van der Waals surface area contributed by atoms with Gasteiger partial charge in [-0.25, -0.2) is 4.98 Å². The minimum atomic E-state index is -0.383. The highest BCUT2D eigenvalue weighted by Crippen LogP contribution is 2.25. The third-order valence-corrected chi connectivity index (χ3v) is 4.54. The van der Waals surface area contributed by atoms with Crippen molar-refractivity contribution < 1.29 is 4.92 Å². The van der Waals surface area contributed by atoms with Crippen molar-refractivity contribution in [3.8, 4) is 0 Å². The Balaban J connectivity index is 1.91. The third-order valence-electron chi connectivity index (χ3n) is 2.86. The van der Waals surface area contributed by atoms with Crippen LogP contribution in [0.3, 0.4) is 0 Å². The summed E-state index contributed by atoms with van der Waals surface area (Å²) in [7, 11) is 0. The van der Waals surface area contributed by atoms with Gasteiger partial charge in [0.15, 0.2) is 0 Å². The SMILES string of the molecule is CC(CNCc1ccc(Br)c([N+](=O)[O-])c1)c1nccs1. The largest absolute Gasteiger partial charge is 0.312 e. The molecule has 0 fully saturated rings. The molecular weight excluding hydrogens is 342 g/mol. The molecule has 20 heavy (non-hydrogen) atoms. The molecule has 0 amide bonds. The van der Waals surface area contributed by atoms with Crippen LogP contribution in [0.25, 0.3) is 0 Å². The number of nitro benzene ring substituents is 1. The predicted octanol–water partition coefficient (Wildman–Crippen LogP) is 3.71. The first-order valence-electron chi connectivity index (χ1n) is 6.11. The van der Waals surface area contributed by atoms with Crippen LogP contribution in [-0.4, -0.2) is 16.5 Å². The van der Waals surface area contributed by atoms with E-state index in [9.17, 15) is 10.1 Å². The van der Waals surface area contributed by atoms with Crippen molar-refractivity contribution in [3.63, 3.8) is 0 Å². The molecule has 0 saturated heterocycles. The van der Waals surface area contributed by atoms with Crippen LogP contribution in [0.15, 0.2) is 34.2 Å². The van der Waals surface area contributed by atoms with E-state index in [-0.39, 0.29) is 10.6 Å². The number of halogens is 1. The fraction of sp³-hybridized carbons (Fsp3) is 0.308. The van der Waals surface area contributed by atoms with Gasteiger partial charge >= 0.3 is 0 Å². The maximum absolute atomic E-state index is 10.9. The summed E-state index contributed by atoms with van der Waals surface area (Å²) < 4.78 is 0.502. The second-order valence-corrected chi connectivity index (χ2v) is 6.23. The summed E-state index contributed by atoms with van der Waals surface area (Å²) in [5, 5.41) is 17.2. The molecule has 106 valence electrons. The molecule has 2 rings (SSSR count). The van der Waals surface area contributed by atoms with Gasteiger partial charge in [-0.2, -0.15) is 0 Å². The monoisotopic (exact) mass is 355 g/mol. The van der Waals surface area contributed by atoms with Crippen LogP contribution >= 0.6 is 27.3 Å². The van der Waals surface area contributed by atoms with Crippen LogP contribution in [-0.2, 0) is 6.54 Å². The van der Waals surface area contributed by atoms with E-state index in [0.717, 1.165) is 17.1 Å². The Morgan fingerprint density at radius 1 is 1.55 bits per heavy atom. The number of nitrogens with one attached hydrogen (secondary N) is 1. The molecule has 1 atom stereocenters. The van der Waals surface area contributed by atoms with E-state index in [1.165, 1.54) is 0 Å². The fourth-order valence-electron chi connectivity index (χ4n) is 1.81. The Morgan fingerprint density at radius 3 is 3.00 bits per heavy atom. The third kappa shape index (κ3) is 3.84. The summed E-state index contributed by atoms with van der Waals surface area (Å²) in [6.45, 7) is 3.50. The van der Waals surface area contributed by atoms with Crippen molar-refractivity contribution in [2.24, 2.45) is 0 Å². The summed E-state index contributed by atoms with van der Waals surface area (Å²) >= 11 is 4.82. The molecule has 7 heteroatoms. The zero-order chi connectivity index (χ0) is 14.5. The average molecular weight is 356 g/mol. The second-order valence-electron chi connectivity index (χ2n) is 4.45. The molecule has 0 spiro atoms. The number of benzene rings is 1. The topological polar surface area (TPSA) is 68.1 Å². The fourth-order valence-corrected chi connectivity index (χ4v) is 2.90. The van der Waals surface area contributed by atoms with E-state index in [4.69, 9.17) is 0 Å². The molecule has 1 aromatic heterocycles. The number of nitrogens with zero attached hydrogens (tertiary/aromatic N) is 2. The van der Waals surface area contributed by atoms with Gasteiger partial charge in [-0.05, 0) is 27.6 Å². The molecule has 1 heterocycles. The normalized spacial score (nSPS) is 12.3. The van der Waals surface area contributed by atoms with Gasteiger partial charge in [0.1, 0.15) is 0 Å². The van der Waals surface area contributed by atoms with Gasteiger partial charge in [0.2, 0.25) is 0 Å². The number of rotatable bonds is 6. The molecule has 0 aliphatic carbocycles. The van der Waals surface area contributed by atoms with Crippen LogP contribution in [0.2, 0.25) is 0 Å². The first-order chi connectivity index (χ1) is 9.58. The van der Waals surface area contributed by atoms with Crippen molar-refractivity contribution in [2.45, 2.75) is 19.4 Å². The molecule has 0 radical (unpaired) electrons. The highest BCUT2D eigenvalue weighted by atomic mass is 79.9. The molecule has 1 N–H and O–H groups in total. The van der Waals surface area contributed by atoms with Gasteiger partial charge in [0, 0.05) is 36.7 Å². The van der Waals surface area contributed by atoms with E-state index in [1.54, 1.807) is 29.7 Å². The number of aromatic nitrogens is 1. The summed E-state index contributed by atoms with van der Waals surface area (Å²) in [5.74, 6) is 0.334. The molecule has 1 unspecified atom stereocenters. The summed E-state index contributed by atoms with van der Waals surface area (Å²) in [5.41, 5.74) is 0.989. The Hall–Kier alpha value is -1.31. The van der Waals surface area contributed by atoms with Crippen LogP contribution in [0.1, 0.15) is 23.4 Å². The van der Waals surface area contributed by atoms with Crippen molar-refractivity contribution in [3.05, 3.63) is 54.9 Å². The number of hydrogen-bond donors (Lipinski definition) is 1. The van der Waals surface area contributed by atoms with Gasteiger partial charge < -0.3 is 5.32 Å². The molecule has 1 aromatic carbocycles. The average Bonchev–Trinajstić information content (AvgIpc) is 2.94. The lowest BCUT2D eigenvalue weighted by Gasteiger charge is -2.10. The van der Waals surface area contributed by atoms with Gasteiger partial charge in [0.25, 0.3) is 5.69 Å². The van der Waals surface area contributed by atoms with Gasteiger partial charge in [-0.3, -0.25) is 10.1 Å². The maximum atomic E-state index is 10.9. The van der Waals surface area contributed by atoms with Crippen LogP contribution in [0, 0.1) is 10.1 Å². The quantitative estimate of drug-likeness (QED) is 0.633. The van der Waals surface area contributed by atoms with Crippen LogP contribution in [0.4, 0.5) is 5.69 Å². The smallest absolute Gasteiger partial charge is 0.283 e. The Labute approximate surface area is 129 Å². The molecular formula is C13H14BrN3O2S. The first-order valence-corrected chi connectivity index (χ1v) is 7.78. The summed E-state index contributed by atoms with van der Waals surface area (Å²) in [4.78, 5) is 14.8. The molecule has 0 aliphatic heterocycles. The minimum Gasteiger partial charge on any atom is -0.312 e. The van der Waals surface area contributed by atoms with E-state index < -0.39 is 0 Å². The van der Waals surface area contributed by atoms with Crippen LogP contribution < -0.4 is 5.32 Å². The van der Waals surface area contributed by atoms with E-state index in [2.05, 4.69) is 33.2 Å². The minimum absolute atomic E-state index is 0.0947. The molecule has 0 saturated carbocycles. The zero-order valence-corrected chi connectivity index (χ0v) is 13.3. The lowest BCUT2D eigenvalue weighted by molar-refractivity contribution is -0.385. The zero-order valence-electron chi connectivity index (χ0n) is 10.9. The van der Waals surface area contributed by atoms with Gasteiger partial charge in [-0.15, -0.1) is 11.3 Å². The summed E-state index contributed by atoms with van der Waals surface area (Å²) in [6, 6.07) is 5.17. The van der Waals surface area contributed by atoms with Gasteiger partial charge in [-0.1, -0.05) is 13.0 Å². The highest BCUT2D eigenvalue weighted by Gasteiger charge is 2.12. The first kappa shape index (κ1) is 15.1. The molecule has 5 nitrogen and oxygen atoms in total. The van der Waals surface area contributed by atoms with Gasteiger partial charge in [0.05, 0.1) is 14.4 Å². The molecule has 0 bridgehead atoms. The van der Waals surface area contributed by atoms with Crippen LogP contribution in [0.5, 0.6) is 0 Å². The number of hydrogen-bond acceptors (Lipinski definition) is 5. The van der Waals surface area contributed by atoms with E-state index in [1.807, 2.05) is 11.4 Å². The van der Waals surface area contributed by atoms with E-state index in [0.29, 0.717) is 16.9 Å². The van der Waals surface area contributed by atoms with Crippen molar-refractivity contribution in [1.82, 2.24) is 10.3 Å². The second kappa shape index (κ2) is 6.92. The number of nitro groups is 1. The van der Waals surface area contributed by atoms with Crippen molar-refractivity contribution in [1.29, 1.82) is 0 Å². The standard InChI is InChI=1S/C13H14BrN3O2S/c1-9(13-16-4-5-20-13)7-15-8-10-2-3-11(14)12(6-10)17(18)19/h2-6,9,15H,7-8H2,1H3. The van der Waals surface area contributed by atoms with Crippen molar-refractivity contribution in [2.75, 3.05) is 6.54 Å². The lowest BCUT2D eigenvalue weighted by atomic mass is 10.1.